The van der Waals surface area contributed by atoms with E-state index in [0.717, 1.165) is 5.69 Å². The van der Waals surface area contributed by atoms with Crippen LogP contribution >= 0.6 is 0 Å². The molecule has 1 N–H and O–H groups in total. The van der Waals surface area contributed by atoms with Crippen molar-refractivity contribution in [2.75, 3.05) is 5.32 Å². The average molecular weight is 243 g/mol. The Balaban J connectivity index is 2.03. The topological polar surface area (TPSA) is 12.0 Å². The van der Waals surface area contributed by atoms with Crippen molar-refractivity contribution >= 4 is 34.3 Å². The molecular formula is C18H13N. The third-order valence-corrected chi connectivity index (χ3v) is 3.62. The van der Waals surface area contributed by atoms with E-state index in [4.69, 9.17) is 0 Å². The number of rotatable bonds is 0. The number of anilines is 2. The largest absolute Gasteiger partial charge is 0.354 e. The molecule has 3 aromatic carbocycles. The lowest BCUT2D eigenvalue weighted by Gasteiger charge is -2.12. The van der Waals surface area contributed by atoms with Crippen molar-refractivity contribution in [3.8, 4) is 0 Å². The Morgan fingerprint density at radius 3 is 2.42 bits per heavy atom. The summed E-state index contributed by atoms with van der Waals surface area (Å²) >= 11 is 0. The lowest BCUT2D eigenvalue weighted by atomic mass is 10.0. The van der Waals surface area contributed by atoms with Gasteiger partial charge in [-0.2, -0.15) is 0 Å². The maximum absolute atomic E-state index is 3.58. The van der Waals surface area contributed by atoms with Crippen LogP contribution in [0, 0.1) is 0 Å². The molecule has 0 fully saturated rings. The van der Waals surface area contributed by atoms with Gasteiger partial charge in [-0.1, -0.05) is 66.7 Å². The Morgan fingerprint density at radius 1 is 0.632 bits per heavy atom. The predicted octanol–water partition coefficient (Wildman–Crippen LogP) is 5.07. The zero-order chi connectivity index (χ0) is 12.7. The first-order valence-corrected chi connectivity index (χ1v) is 6.48. The molecule has 0 atom stereocenters. The summed E-state index contributed by atoms with van der Waals surface area (Å²) in [4.78, 5) is 0. The molecule has 19 heavy (non-hydrogen) atoms. The van der Waals surface area contributed by atoms with Gasteiger partial charge < -0.3 is 5.32 Å². The van der Waals surface area contributed by atoms with Crippen molar-refractivity contribution in [2.24, 2.45) is 0 Å². The van der Waals surface area contributed by atoms with E-state index in [2.05, 4.69) is 78.1 Å². The minimum atomic E-state index is 1.16. The number of fused-ring (bicyclic) bond motifs is 4. The van der Waals surface area contributed by atoms with Gasteiger partial charge in [0.15, 0.2) is 0 Å². The number of hydrogen-bond donors (Lipinski definition) is 1. The monoisotopic (exact) mass is 243 g/mol. The molecular weight excluding hydrogens is 230 g/mol. The Hall–Kier alpha value is -2.54. The maximum atomic E-state index is 3.58. The van der Waals surface area contributed by atoms with Crippen LogP contribution in [0.1, 0.15) is 11.1 Å². The van der Waals surface area contributed by atoms with Crippen LogP contribution in [0.15, 0.2) is 60.7 Å². The van der Waals surface area contributed by atoms with E-state index in [-0.39, 0.29) is 0 Å². The Labute approximate surface area is 112 Å². The fraction of sp³-hybridized carbons (Fsp3) is 0. The molecule has 0 unspecified atom stereocenters. The van der Waals surface area contributed by atoms with Crippen LogP contribution in [-0.2, 0) is 0 Å². The summed E-state index contributed by atoms with van der Waals surface area (Å²) in [5.74, 6) is 0. The van der Waals surface area contributed by atoms with Gasteiger partial charge in [0.25, 0.3) is 0 Å². The van der Waals surface area contributed by atoms with Gasteiger partial charge in [-0.15, -0.1) is 0 Å². The molecule has 0 aliphatic carbocycles. The van der Waals surface area contributed by atoms with Crippen molar-refractivity contribution in [1.82, 2.24) is 0 Å². The van der Waals surface area contributed by atoms with Crippen molar-refractivity contribution < 1.29 is 0 Å². The highest BCUT2D eigenvalue weighted by Gasteiger charge is 2.10. The number of nitrogens with one attached hydrogen (secondary N) is 1. The highest BCUT2D eigenvalue weighted by atomic mass is 14.9. The second-order valence-corrected chi connectivity index (χ2v) is 4.80. The lowest BCUT2D eigenvalue weighted by Crippen LogP contribution is -1.94. The van der Waals surface area contributed by atoms with E-state index in [0.29, 0.717) is 0 Å². The van der Waals surface area contributed by atoms with Gasteiger partial charge >= 0.3 is 0 Å². The van der Waals surface area contributed by atoms with Crippen LogP contribution in [-0.4, -0.2) is 0 Å². The number of benzene rings is 3. The fourth-order valence-corrected chi connectivity index (χ4v) is 2.64. The summed E-state index contributed by atoms with van der Waals surface area (Å²) in [5, 5.41) is 6.11. The third-order valence-electron chi connectivity index (χ3n) is 3.62. The van der Waals surface area contributed by atoms with Crippen LogP contribution < -0.4 is 5.32 Å². The fourth-order valence-electron chi connectivity index (χ4n) is 2.64. The highest BCUT2D eigenvalue weighted by molar-refractivity contribution is 6.02. The molecule has 1 heterocycles. The van der Waals surface area contributed by atoms with Crippen LogP contribution in [0.25, 0.3) is 22.9 Å². The molecule has 1 heteroatoms. The third kappa shape index (κ3) is 1.63. The number of hydrogen-bond acceptors (Lipinski definition) is 1. The zero-order valence-corrected chi connectivity index (χ0v) is 10.4. The summed E-state index contributed by atoms with van der Waals surface area (Å²) in [6.45, 7) is 0. The SMILES string of the molecule is C1=Cc2ccc3ccccc3c2Nc2ccccc21. The molecule has 1 aliphatic heterocycles. The molecule has 3 aromatic rings. The van der Waals surface area contributed by atoms with Gasteiger partial charge in [-0.3, -0.25) is 0 Å². The first kappa shape index (κ1) is 10.4. The average Bonchev–Trinajstić information content (AvgIpc) is 2.66. The smallest absolute Gasteiger partial charge is 0.0537 e. The summed E-state index contributed by atoms with van der Waals surface area (Å²) in [6, 6.07) is 21.2. The van der Waals surface area contributed by atoms with Crippen LogP contribution in [0.4, 0.5) is 11.4 Å². The normalized spacial score (nSPS) is 12.4. The molecule has 0 radical (unpaired) electrons. The molecule has 0 amide bonds. The van der Waals surface area contributed by atoms with Gasteiger partial charge in [0, 0.05) is 11.1 Å². The summed E-state index contributed by atoms with van der Waals surface area (Å²) in [6.07, 6.45) is 4.35. The summed E-state index contributed by atoms with van der Waals surface area (Å²) in [5.41, 5.74) is 4.81. The molecule has 0 saturated heterocycles. The zero-order valence-electron chi connectivity index (χ0n) is 10.4. The highest BCUT2D eigenvalue weighted by Crippen LogP contribution is 2.35. The van der Waals surface area contributed by atoms with E-state index in [9.17, 15) is 0 Å². The van der Waals surface area contributed by atoms with E-state index in [1.165, 1.54) is 27.6 Å². The van der Waals surface area contributed by atoms with Crippen molar-refractivity contribution in [1.29, 1.82) is 0 Å². The van der Waals surface area contributed by atoms with E-state index < -0.39 is 0 Å². The Kier molecular flexibility index (Phi) is 2.18. The Bertz CT molecular complexity index is 800. The van der Waals surface area contributed by atoms with Crippen LogP contribution in [0.2, 0.25) is 0 Å². The molecule has 1 nitrogen and oxygen atoms in total. The van der Waals surface area contributed by atoms with E-state index in [1.54, 1.807) is 0 Å². The molecule has 0 aromatic heterocycles. The van der Waals surface area contributed by atoms with Crippen LogP contribution in [0.5, 0.6) is 0 Å². The van der Waals surface area contributed by atoms with Crippen molar-refractivity contribution in [2.45, 2.75) is 0 Å². The molecule has 0 saturated carbocycles. The van der Waals surface area contributed by atoms with Gasteiger partial charge in [-0.05, 0) is 22.6 Å². The van der Waals surface area contributed by atoms with E-state index >= 15 is 0 Å². The minimum Gasteiger partial charge on any atom is -0.354 e. The molecule has 1 aliphatic rings. The van der Waals surface area contributed by atoms with Crippen LogP contribution in [0.3, 0.4) is 0 Å². The second kappa shape index (κ2) is 3.99. The first-order chi connectivity index (χ1) is 9.42. The molecule has 4 rings (SSSR count). The Morgan fingerprint density at radius 2 is 1.42 bits per heavy atom. The standard InChI is InChI=1S/C18H13N/c1-3-7-16-13(5-1)9-11-15-12-10-14-6-2-4-8-17(14)19-18(15)16/h1-12,19H. The van der Waals surface area contributed by atoms with Gasteiger partial charge in [0.1, 0.15) is 0 Å². The second-order valence-electron chi connectivity index (χ2n) is 4.80. The first-order valence-electron chi connectivity index (χ1n) is 6.48. The van der Waals surface area contributed by atoms with Gasteiger partial charge in [-0.25, -0.2) is 0 Å². The van der Waals surface area contributed by atoms with Gasteiger partial charge in [0.2, 0.25) is 0 Å². The molecule has 0 bridgehead atoms. The van der Waals surface area contributed by atoms with E-state index in [1.807, 2.05) is 0 Å². The summed E-state index contributed by atoms with van der Waals surface area (Å²) in [7, 11) is 0. The molecule has 90 valence electrons. The summed E-state index contributed by atoms with van der Waals surface area (Å²) < 4.78 is 0. The lowest BCUT2D eigenvalue weighted by molar-refractivity contribution is 1.56. The predicted molar refractivity (Wildman–Crippen MR) is 82.6 cm³/mol. The quantitative estimate of drug-likeness (QED) is 0.455. The maximum Gasteiger partial charge on any atom is 0.0537 e. The van der Waals surface area contributed by atoms with Crippen molar-refractivity contribution in [3.05, 3.63) is 71.8 Å². The number of para-hydroxylation sites is 1. The molecule has 0 spiro atoms. The minimum absolute atomic E-state index is 1.16. The van der Waals surface area contributed by atoms with Gasteiger partial charge in [0.05, 0.1) is 5.69 Å². The van der Waals surface area contributed by atoms with Crippen molar-refractivity contribution in [3.63, 3.8) is 0 Å².